The summed E-state index contributed by atoms with van der Waals surface area (Å²) >= 11 is 0. The molecule has 0 unspecified atom stereocenters. The van der Waals surface area contributed by atoms with Gasteiger partial charge in [-0.15, -0.1) is 0 Å². The fourth-order valence-electron chi connectivity index (χ4n) is 1.97. The quantitative estimate of drug-likeness (QED) is 0.681. The van der Waals surface area contributed by atoms with Gasteiger partial charge in [-0.3, -0.25) is 0 Å². The van der Waals surface area contributed by atoms with Crippen molar-refractivity contribution in [3.63, 3.8) is 0 Å². The maximum Gasteiger partial charge on any atom is 0.149 e. The van der Waals surface area contributed by atoms with Crippen LogP contribution < -0.4 is 0 Å². The Bertz CT molecular complexity index is 705. The molecule has 0 spiro atoms. The highest BCUT2D eigenvalue weighted by Crippen LogP contribution is 2.23. The van der Waals surface area contributed by atoms with E-state index < -0.39 is 11.6 Å². The Balaban J connectivity index is 2.18. The topological polar surface area (TPSA) is 17.8 Å². The van der Waals surface area contributed by atoms with E-state index in [0.29, 0.717) is 5.69 Å². The molecule has 1 aromatic heterocycles. The van der Waals surface area contributed by atoms with Crippen molar-refractivity contribution >= 4 is 0 Å². The first-order valence-corrected chi connectivity index (χ1v) is 5.80. The van der Waals surface area contributed by atoms with Crippen molar-refractivity contribution in [2.45, 2.75) is 0 Å². The molecule has 94 valence electrons. The van der Waals surface area contributed by atoms with Gasteiger partial charge in [0.2, 0.25) is 0 Å². The van der Waals surface area contributed by atoms with Crippen molar-refractivity contribution in [1.29, 1.82) is 0 Å². The minimum Gasteiger partial charge on any atom is -0.230 e. The van der Waals surface area contributed by atoms with E-state index in [4.69, 9.17) is 0 Å². The second kappa shape index (κ2) is 4.65. The molecule has 0 saturated carbocycles. The molecule has 3 rings (SSSR count). The number of hydrogen-bond acceptors (Lipinski definition) is 1. The summed E-state index contributed by atoms with van der Waals surface area (Å²) in [4.78, 5) is 0. The lowest BCUT2D eigenvalue weighted by atomic mass is 10.1. The van der Waals surface area contributed by atoms with E-state index >= 15 is 0 Å². The minimum atomic E-state index is -0.512. The van der Waals surface area contributed by atoms with Gasteiger partial charge in [0.05, 0.1) is 11.9 Å². The fourth-order valence-corrected chi connectivity index (χ4v) is 1.97. The average Bonchev–Trinajstić information content (AvgIpc) is 2.91. The van der Waals surface area contributed by atoms with Gasteiger partial charge in [-0.25, -0.2) is 13.5 Å². The van der Waals surface area contributed by atoms with Gasteiger partial charge in [0.1, 0.15) is 17.3 Å². The summed E-state index contributed by atoms with van der Waals surface area (Å²) < 4.78 is 28.5. The Morgan fingerprint density at radius 1 is 0.895 bits per heavy atom. The van der Waals surface area contributed by atoms with Crippen LogP contribution in [0.2, 0.25) is 0 Å². The molecule has 0 atom stereocenters. The highest BCUT2D eigenvalue weighted by atomic mass is 19.1. The Labute approximate surface area is 108 Å². The van der Waals surface area contributed by atoms with Crippen LogP contribution in [0.3, 0.4) is 0 Å². The summed E-state index contributed by atoms with van der Waals surface area (Å²) in [6.07, 6.45) is 1.56. The standard InChI is InChI=1S/C15H10F2N2/c16-12-6-7-13(17)15(10-12)19-14(8-9-18-19)11-4-2-1-3-5-11/h1-10H. The van der Waals surface area contributed by atoms with E-state index in [1.165, 1.54) is 4.68 Å². The van der Waals surface area contributed by atoms with Gasteiger partial charge >= 0.3 is 0 Å². The molecule has 0 radical (unpaired) electrons. The molecular weight excluding hydrogens is 246 g/mol. The molecule has 1 heterocycles. The molecule has 0 amide bonds. The van der Waals surface area contributed by atoms with Crippen molar-refractivity contribution in [2.24, 2.45) is 0 Å². The zero-order valence-corrected chi connectivity index (χ0v) is 9.92. The molecule has 19 heavy (non-hydrogen) atoms. The number of hydrogen-bond donors (Lipinski definition) is 0. The molecule has 0 saturated heterocycles. The van der Waals surface area contributed by atoms with Crippen LogP contribution in [0.4, 0.5) is 8.78 Å². The van der Waals surface area contributed by atoms with Crippen LogP contribution in [-0.4, -0.2) is 9.78 Å². The molecule has 0 N–H and O–H groups in total. The maximum absolute atomic E-state index is 13.8. The molecule has 0 aliphatic rings. The summed E-state index contributed by atoms with van der Waals surface area (Å²) in [6, 6.07) is 14.5. The van der Waals surface area contributed by atoms with Gasteiger partial charge in [0.15, 0.2) is 0 Å². The highest BCUT2D eigenvalue weighted by Gasteiger charge is 2.11. The molecule has 4 heteroatoms. The van der Waals surface area contributed by atoms with E-state index in [0.717, 1.165) is 23.8 Å². The number of nitrogens with zero attached hydrogens (tertiary/aromatic N) is 2. The van der Waals surface area contributed by atoms with Crippen LogP contribution >= 0.6 is 0 Å². The van der Waals surface area contributed by atoms with Crippen molar-refractivity contribution in [1.82, 2.24) is 9.78 Å². The van der Waals surface area contributed by atoms with Crippen LogP contribution in [-0.2, 0) is 0 Å². The first kappa shape index (κ1) is 11.6. The summed E-state index contributed by atoms with van der Waals surface area (Å²) in [5.74, 6) is -1.01. The predicted octanol–water partition coefficient (Wildman–Crippen LogP) is 3.82. The highest BCUT2D eigenvalue weighted by molar-refractivity contribution is 5.61. The van der Waals surface area contributed by atoms with Gasteiger partial charge in [-0.1, -0.05) is 30.3 Å². The smallest absolute Gasteiger partial charge is 0.149 e. The van der Waals surface area contributed by atoms with E-state index in [-0.39, 0.29) is 5.69 Å². The van der Waals surface area contributed by atoms with Crippen molar-refractivity contribution < 1.29 is 8.78 Å². The predicted molar refractivity (Wildman–Crippen MR) is 68.9 cm³/mol. The summed E-state index contributed by atoms with van der Waals surface area (Å²) in [5.41, 5.74) is 1.71. The van der Waals surface area contributed by atoms with Crippen LogP contribution in [0.5, 0.6) is 0 Å². The van der Waals surface area contributed by atoms with Crippen LogP contribution in [0.25, 0.3) is 16.9 Å². The molecule has 0 aliphatic carbocycles. The molecular formula is C15H10F2N2. The summed E-state index contributed by atoms with van der Waals surface area (Å²) in [7, 11) is 0. The zero-order chi connectivity index (χ0) is 13.2. The van der Waals surface area contributed by atoms with Gasteiger partial charge in [-0.05, 0) is 18.2 Å². The van der Waals surface area contributed by atoms with Crippen LogP contribution in [0.15, 0.2) is 60.8 Å². The molecule has 2 nitrogen and oxygen atoms in total. The molecule has 0 aliphatic heterocycles. The normalized spacial score (nSPS) is 10.6. The van der Waals surface area contributed by atoms with Crippen molar-refractivity contribution in [3.8, 4) is 16.9 Å². The maximum atomic E-state index is 13.8. The fraction of sp³-hybridized carbons (Fsp3) is 0. The number of halogens is 2. The molecule has 0 bridgehead atoms. The van der Waals surface area contributed by atoms with E-state index in [1.807, 2.05) is 30.3 Å². The van der Waals surface area contributed by atoms with E-state index in [9.17, 15) is 8.78 Å². The Morgan fingerprint density at radius 3 is 2.47 bits per heavy atom. The third-order valence-electron chi connectivity index (χ3n) is 2.85. The van der Waals surface area contributed by atoms with Gasteiger partial charge < -0.3 is 0 Å². The van der Waals surface area contributed by atoms with Crippen molar-refractivity contribution in [2.75, 3.05) is 0 Å². The lowest BCUT2D eigenvalue weighted by Crippen LogP contribution is -2.02. The molecule has 0 fully saturated rings. The first-order chi connectivity index (χ1) is 9.25. The Hall–Kier alpha value is -2.49. The van der Waals surface area contributed by atoms with Gasteiger partial charge in [0.25, 0.3) is 0 Å². The van der Waals surface area contributed by atoms with Gasteiger partial charge in [-0.2, -0.15) is 5.10 Å². The second-order valence-electron chi connectivity index (χ2n) is 4.09. The lowest BCUT2D eigenvalue weighted by Gasteiger charge is -2.08. The third kappa shape index (κ3) is 2.12. The monoisotopic (exact) mass is 256 g/mol. The molecule has 2 aromatic carbocycles. The largest absolute Gasteiger partial charge is 0.230 e. The zero-order valence-electron chi connectivity index (χ0n) is 9.92. The SMILES string of the molecule is Fc1ccc(F)c(-n2nccc2-c2ccccc2)c1. The summed E-state index contributed by atoms with van der Waals surface area (Å²) in [6.45, 7) is 0. The number of benzene rings is 2. The summed E-state index contributed by atoms with van der Waals surface area (Å²) in [5, 5.41) is 4.07. The Morgan fingerprint density at radius 2 is 1.68 bits per heavy atom. The molecule has 3 aromatic rings. The third-order valence-corrected chi connectivity index (χ3v) is 2.85. The van der Waals surface area contributed by atoms with E-state index in [1.54, 1.807) is 12.3 Å². The lowest BCUT2D eigenvalue weighted by molar-refractivity contribution is 0.587. The van der Waals surface area contributed by atoms with Crippen LogP contribution in [0, 0.1) is 11.6 Å². The number of aromatic nitrogens is 2. The second-order valence-corrected chi connectivity index (χ2v) is 4.09. The Kier molecular flexibility index (Phi) is 2.83. The van der Waals surface area contributed by atoms with E-state index in [2.05, 4.69) is 5.10 Å². The van der Waals surface area contributed by atoms with Crippen LogP contribution in [0.1, 0.15) is 0 Å². The minimum absolute atomic E-state index is 0.101. The average molecular weight is 256 g/mol. The van der Waals surface area contributed by atoms with Crippen molar-refractivity contribution in [3.05, 3.63) is 72.4 Å². The number of rotatable bonds is 2. The first-order valence-electron chi connectivity index (χ1n) is 5.80. The van der Waals surface area contributed by atoms with Gasteiger partial charge in [0, 0.05) is 11.6 Å².